The van der Waals surface area contributed by atoms with E-state index in [1.165, 1.54) is 105 Å². The number of benzene rings is 8. The molecule has 0 fully saturated rings. The van der Waals surface area contributed by atoms with Crippen LogP contribution in [0.3, 0.4) is 0 Å². The molecule has 4 heterocycles. The first kappa shape index (κ1) is 33.4. The molecule has 13 rings (SSSR count). The third-order valence-corrected chi connectivity index (χ3v) is 17.5. The van der Waals surface area contributed by atoms with Gasteiger partial charge in [-0.3, -0.25) is 0 Å². The molecular formula is C54H32S4. The molecule has 1 aliphatic carbocycles. The fraction of sp³-hybridized carbons (Fsp3) is 0.0370. The standard InChI is InChI=1S/C54H32S4/c1-3-19-35-33(15-1)17-13-21-37(35)49-31-43-51(57-49)54(41-25-7-11-29-47(41)56-48-30-12-8-26-42(48)54)44-32-50(38-22-14-18-34-16-2-4-20-36(34)38)58-52(44)53(43)39-23-5-9-27-45(39)55-46-28-10-6-24-40(46)53/h1-32H. The Bertz CT molecular complexity index is 2950. The molecule has 2 aromatic heterocycles. The molecule has 0 nitrogen and oxygen atoms in total. The third kappa shape index (κ3) is 4.33. The number of thiophene rings is 2. The van der Waals surface area contributed by atoms with E-state index in [4.69, 9.17) is 0 Å². The van der Waals surface area contributed by atoms with Crippen molar-refractivity contribution in [3.05, 3.63) is 237 Å². The lowest BCUT2D eigenvalue weighted by atomic mass is 9.55. The van der Waals surface area contributed by atoms with Crippen LogP contribution in [0.4, 0.5) is 0 Å². The summed E-state index contributed by atoms with van der Waals surface area (Å²) in [5.74, 6) is 0. The highest BCUT2D eigenvalue weighted by atomic mass is 32.2. The van der Waals surface area contributed by atoms with Crippen LogP contribution < -0.4 is 0 Å². The van der Waals surface area contributed by atoms with E-state index in [9.17, 15) is 0 Å². The number of hydrogen-bond donors (Lipinski definition) is 0. The molecule has 8 aromatic carbocycles. The molecule has 0 saturated carbocycles. The Morgan fingerprint density at radius 3 is 1.02 bits per heavy atom. The lowest BCUT2D eigenvalue weighted by Gasteiger charge is -2.51. The van der Waals surface area contributed by atoms with Gasteiger partial charge in [0.2, 0.25) is 0 Å². The Kier molecular flexibility index (Phi) is 7.16. The quantitative estimate of drug-likeness (QED) is 0.171. The first-order valence-electron chi connectivity index (χ1n) is 19.7. The molecule has 3 aliphatic rings. The molecule has 0 atom stereocenters. The normalized spacial score (nSPS) is 15.0. The van der Waals surface area contributed by atoms with Crippen molar-refractivity contribution in [2.75, 3.05) is 0 Å². The van der Waals surface area contributed by atoms with Crippen molar-refractivity contribution in [3.63, 3.8) is 0 Å². The summed E-state index contributed by atoms with van der Waals surface area (Å²) in [7, 11) is 0. The van der Waals surface area contributed by atoms with E-state index >= 15 is 0 Å². The number of fused-ring (bicyclic) bond motifs is 16. The van der Waals surface area contributed by atoms with Crippen LogP contribution in [0, 0.1) is 0 Å². The molecule has 272 valence electrons. The molecule has 0 unspecified atom stereocenters. The zero-order valence-corrected chi connectivity index (χ0v) is 34.4. The molecule has 4 heteroatoms. The van der Waals surface area contributed by atoms with Crippen LogP contribution in [-0.2, 0) is 10.8 Å². The number of rotatable bonds is 2. The van der Waals surface area contributed by atoms with Gasteiger partial charge in [-0.1, -0.05) is 181 Å². The van der Waals surface area contributed by atoms with E-state index in [0.29, 0.717) is 0 Å². The Balaban J connectivity index is 1.26. The Morgan fingerprint density at radius 1 is 0.293 bits per heavy atom. The second-order valence-electron chi connectivity index (χ2n) is 15.4. The van der Waals surface area contributed by atoms with Gasteiger partial charge in [-0.25, -0.2) is 0 Å². The zero-order chi connectivity index (χ0) is 38.0. The van der Waals surface area contributed by atoms with Crippen molar-refractivity contribution in [2.45, 2.75) is 30.4 Å². The molecule has 0 saturated heterocycles. The summed E-state index contributed by atoms with van der Waals surface area (Å²) in [6.45, 7) is 0. The maximum atomic E-state index is 2.61. The van der Waals surface area contributed by atoms with Crippen LogP contribution in [0.2, 0.25) is 0 Å². The molecule has 2 spiro atoms. The van der Waals surface area contributed by atoms with Crippen molar-refractivity contribution in [3.8, 4) is 20.9 Å². The SMILES string of the molecule is c1ccc2c(c1)Sc1ccccc1C21c2cc(-c3cccc4ccccc34)sc2C2(c3ccccc3Sc3ccccc32)c2cc(-c3cccc4ccccc34)sc21. The monoisotopic (exact) mass is 808 g/mol. The molecule has 2 aliphatic heterocycles. The van der Waals surface area contributed by atoms with Crippen LogP contribution >= 0.6 is 46.2 Å². The minimum atomic E-state index is -0.546. The van der Waals surface area contributed by atoms with Gasteiger partial charge in [0, 0.05) is 39.1 Å². The minimum absolute atomic E-state index is 0.546. The molecule has 0 N–H and O–H groups in total. The van der Waals surface area contributed by atoms with Gasteiger partial charge in [-0.15, -0.1) is 22.7 Å². The second-order valence-corrected chi connectivity index (χ2v) is 19.7. The van der Waals surface area contributed by atoms with Gasteiger partial charge in [0.25, 0.3) is 0 Å². The van der Waals surface area contributed by atoms with Gasteiger partial charge in [0.05, 0.1) is 10.8 Å². The average Bonchev–Trinajstić information content (AvgIpc) is 3.94. The van der Waals surface area contributed by atoms with Crippen LogP contribution in [0.5, 0.6) is 0 Å². The highest BCUT2D eigenvalue weighted by Gasteiger charge is 2.60. The van der Waals surface area contributed by atoms with Crippen LogP contribution in [0.25, 0.3) is 42.4 Å². The maximum Gasteiger partial charge on any atom is 0.0831 e. The van der Waals surface area contributed by atoms with Gasteiger partial charge in [0.15, 0.2) is 0 Å². The zero-order valence-electron chi connectivity index (χ0n) is 31.1. The van der Waals surface area contributed by atoms with E-state index in [-0.39, 0.29) is 0 Å². The van der Waals surface area contributed by atoms with Crippen molar-refractivity contribution in [1.82, 2.24) is 0 Å². The van der Waals surface area contributed by atoms with Crippen LogP contribution in [0.1, 0.15) is 43.1 Å². The van der Waals surface area contributed by atoms with E-state index < -0.39 is 10.8 Å². The fourth-order valence-electron chi connectivity index (χ4n) is 10.3. The van der Waals surface area contributed by atoms with E-state index in [0.717, 1.165) is 0 Å². The smallest absolute Gasteiger partial charge is 0.0831 e. The summed E-state index contributed by atoms with van der Waals surface area (Å²) in [4.78, 5) is 10.8. The summed E-state index contributed by atoms with van der Waals surface area (Å²) in [6.07, 6.45) is 0. The molecular weight excluding hydrogens is 777 g/mol. The van der Waals surface area contributed by atoms with Gasteiger partial charge >= 0.3 is 0 Å². The maximum absolute atomic E-state index is 2.61. The Morgan fingerprint density at radius 2 is 0.621 bits per heavy atom. The van der Waals surface area contributed by atoms with Crippen molar-refractivity contribution in [2.24, 2.45) is 0 Å². The predicted octanol–water partition coefficient (Wildman–Crippen LogP) is 15.5. The number of hydrogen-bond acceptors (Lipinski definition) is 4. The first-order valence-corrected chi connectivity index (χ1v) is 23.0. The van der Waals surface area contributed by atoms with E-state index in [2.05, 4.69) is 194 Å². The van der Waals surface area contributed by atoms with Gasteiger partial charge in [-0.2, -0.15) is 0 Å². The Labute approximate surface area is 353 Å². The predicted molar refractivity (Wildman–Crippen MR) is 247 cm³/mol. The second kappa shape index (κ2) is 12.4. The lowest BCUT2D eigenvalue weighted by molar-refractivity contribution is 0.609. The van der Waals surface area contributed by atoms with E-state index in [1.54, 1.807) is 0 Å². The summed E-state index contributed by atoms with van der Waals surface area (Å²) in [5, 5.41) is 5.12. The Hall–Kier alpha value is -5.62. The first-order chi connectivity index (χ1) is 28.7. The summed E-state index contributed by atoms with van der Waals surface area (Å²) < 4.78 is 0. The third-order valence-electron chi connectivity index (χ3n) is 12.7. The summed E-state index contributed by atoms with van der Waals surface area (Å²) >= 11 is 7.86. The van der Waals surface area contributed by atoms with Crippen LogP contribution in [-0.4, -0.2) is 0 Å². The van der Waals surface area contributed by atoms with Gasteiger partial charge in [-0.05, 0) is 102 Å². The molecule has 10 aromatic rings. The molecule has 0 bridgehead atoms. The highest BCUT2D eigenvalue weighted by molar-refractivity contribution is 7.99. The largest absolute Gasteiger partial charge is 0.138 e. The average molecular weight is 809 g/mol. The topological polar surface area (TPSA) is 0 Å². The van der Waals surface area contributed by atoms with Crippen molar-refractivity contribution in [1.29, 1.82) is 0 Å². The van der Waals surface area contributed by atoms with E-state index in [1.807, 2.05) is 46.2 Å². The van der Waals surface area contributed by atoms with Crippen molar-refractivity contribution < 1.29 is 0 Å². The summed E-state index contributed by atoms with van der Waals surface area (Å²) in [5.41, 5.74) is 9.78. The highest BCUT2D eigenvalue weighted by Crippen LogP contribution is 2.70. The van der Waals surface area contributed by atoms with Gasteiger partial charge in [0.1, 0.15) is 0 Å². The minimum Gasteiger partial charge on any atom is -0.138 e. The fourth-order valence-corrected chi connectivity index (χ4v) is 15.7. The van der Waals surface area contributed by atoms with Gasteiger partial charge < -0.3 is 0 Å². The molecule has 0 amide bonds. The lowest BCUT2D eigenvalue weighted by Crippen LogP contribution is -2.45. The summed E-state index contributed by atoms with van der Waals surface area (Å²) in [6, 6.07) is 73.6. The van der Waals surface area contributed by atoms with Crippen LogP contribution in [0.15, 0.2) is 214 Å². The molecule has 58 heavy (non-hydrogen) atoms. The molecule has 0 radical (unpaired) electrons. The van der Waals surface area contributed by atoms with Crippen molar-refractivity contribution >= 4 is 67.7 Å².